The minimum absolute atomic E-state index is 0.141. The average molecular weight is 455 g/mol. The first-order valence-electron chi connectivity index (χ1n) is 11.9. The number of pyridine rings is 1. The molecule has 1 unspecified atom stereocenters. The number of rotatable bonds is 10. The van der Waals surface area contributed by atoms with Gasteiger partial charge >= 0.3 is 0 Å². The number of hydrogen-bond acceptors (Lipinski definition) is 5. The highest BCUT2D eigenvalue weighted by atomic mass is 16.5. The zero-order valence-corrected chi connectivity index (χ0v) is 20.9. The summed E-state index contributed by atoms with van der Waals surface area (Å²) in [6.07, 6.45) is 4.57. The SMILES string of the molecule is C=C(C(C)C[N+](C)(C)Cc1cccnc1)N(Cc1cc(O)c2c(c1)OCCCO2)CC(C)C. The molecule has 1 aliphatic rings. The molecule has 180 valence electrons. The summed E-state index contributed by atoms with van der Waals surface area (Å²) in [5, 5.41) is 10.5. The predicted molar refractivity (Wildman–Crippen MR) is 132 cm³/mol. The molecule has 0 aliphatic carbocycles. The Labute approximate surface area is 199 Å². The Bertz CT molecular complexity index is 928. The topological polar surface area (TPSA) is 54.8 Å². The predicted octanol–water partition coefficient (Wildman–Crippen LogP) is 4.83. The molecule has 6 heteroatoms. The van der Waals surface area contributed by atoms with E-state index in [9.17, 15) is 5.11 Å². The molecule has 0 fully saturated rings. The molecular formula is C27H40N3O3+. The van der Waals surface area contributed by atoms with Crippen LogP contribution in [0.2, 0.25) is 0 Å². The van der Waals surface area contributed by atoms with Crippen LogP contribution in [0.4, 0.5) is 0 Å². The molecule has 0 saturated heterocycles. The largest absolute Gasteiger partial charge is 0.504 e. The minimum Gasteiger partial charge on any atom is -0.504 e. The van der Waals surface area contributed by atoms with E-state index in [1.54, 1.807) is 6.07 Å². The number of ether oxygens (including phenoxy) is 2. The first kappa shape index (κ1) is 24.9. The summed E-state index contributed by atoms with van der Waals surface area (Å²) in [5.41, 5.74) is 3.35. The Morgan fingerprint density at radius 3 is 2.64 bits per heavy atom. The fourth-order valence-corrected chi connectivity index (χ4v) is 4.56. The minimum atomic E-state index is 0.141. The maximum Gasteiger partial charge on any atom is 0.203 e. The van der Waals surface area contributed by atoms with Gasteiger partial charge in [0.25, 0.3) is 0 Å². The lowest BCUT2D eigenvalue weighted by molar-refractivity contribution is -0.906. The van der Waals surface area contributed by atoms with Crippen molar-refractivity contribution in [2.45, 2.75) is 40.3 Å². The molecular weight excluding hydrogens is 414 g/mol. The van der Waals surface area contributed by atoms with Gasteiger partial charge in [-0.3, -0.25) is 4.98 Å². The summed E-state index contributed by atoms with van der Waals surface area (Å²) in [6, 6.07) is 7.91. The van der Waals surface area contributed by atoms with Crippen LogP contribution in [0, 0.1) is 11.8 Å². The van der Waals surface area contributed by atoms with Gasteiger partial charge in [0.2, 0.25) is 5.75 Å². The molecule has 0 radical (unpaired) electrons. The maximum absolute atomic E-state index is 10.5. The van der Waals surface area contributed by atoms with Crippen LogP contribution in [-0.4, -0.2) is 59.9 Å². The van der Waals surface area contributed by atoms with Crippen molar-refractivity contribution in [1.29, 1.82) is 0 Å². The highest BCUT2D eigenvalue weighted by Gasteiger charge is 2.25. The number of quaternary nitrogens is 1. The zero-order valence-electron chi connectivity index (χ0n) is 20.9. The number of aromatic nitrogens is 1. The second-order valence-electron chi connectivity index (χ2n) is 10.3. The number of phenolic OH excluding ortho intramolecular Hbond substituents is 1. The Morgan fingerprint density at radius 2 is 1.94 bits per heavy atom. The van der Waals surface area contributed by atoms with E-state index in [2.05, 4.69) is 57.4 Å². The quantitative estimate of drug-likeness (QED) is 0.521. The van der Waals surface area contributed by atoms with Gasteiger partial charge in [-0.05, 0) is 29.7 Å². The van der Waals surface area contributed by atoms with Crippen LogP contribution in [0.1, 0.15) is 38.3 Å². The van der Waals surface area contributed by atoms with Gasteiger partial charge in [-0.2, -0.15) is 0 Å². The Kier molecular flexibility index (Phi) is 8.25. The van der Waals surface area contributed by atoms with Crippen LogP contribution in [0.25, 0.3) is 0 Å². The second-order valence-corrected chi connectivity index (χ2v) is 10.3. The lowest BCUT2D eigenvalue weighted by Crippen LogP contribution is -2.44. The lowest BCUT2D eigenvalue weighted by atomic mass is 10.0. The monoisotopic (exact) mass is 454 g/mol. The molecule has 33 heavy (non-hydrogen) atoms. The van der Waals surface area contributed by atoms with Gasteiger partial charge in [-0.15, -0.1) is 0 Å². The van der Waals surface area contributed by atoms with E-state index in [1.165, 1.54) is 5.56 Å². The van der Waals surface area contributed by atoms with Gasteiger partial charge in [-0.1, -0.05) is 33.4 Å². The van der Waals surface area contributed by atoms with E-state index in [0.717, 1.165) is 41.8 Å². The van der Waals surface area contributed by atoms with Crippen molar-refractivity contribution >= 4 is 0 Å². The summed E-state index contributed by atoms with van der Waals surface area (Å²) < 4.78 is 12.4. The number of benzene rings is 1. The molecule has 0 amide bonds. The molecule has 1 N–H and O–H groups in total. The van der Waals surface area contributed by atoms with Crippen LogP contribution in [-0.2, 0) is 13.1 Å². The van der Waals surface area contributed by atoms with Gasteiger partial charge < -0.3 is 24.0 Å². The van der Waals surface area contributed by atoms with E-state index in [4.69, 9.17) is 9.47 Å². The molecule has 0 spiro atoms. The van der Waals surface area contributed by atoms with Gasteiger partial charge in [0, 0.05) is 49.1 Å². The summed E-state index contributed by atoms with van der Waals surface area (Å²) in [5.74, 6) is 2.00. The van der Waals surface area contributed by atoms with Gasteiger partial charge in [0.1, 0.15) is 6.54 Å². The van der Waals surface area contributed by atoms with Crippen molar-refractivity contribution in [1.82, 2.24) is 9.88 Å². The second kappa shape index (κ2) is 10.9. The average Bonchev–Trinajstić information content (AvgIpc) is 2.98. The molecule has 1 aliphatic heterocycles. The van der Waals surface area contributed by atoms with Gasteiger partial charge in [0.05, 0.1) is 33.9 Å². The Hall–Kier alpha value is -2.73. The fraction of sp³-hybridized carbons (Fsp3) is 0.519. The molecule has 6 nitrogen and oxygen atoms in total. The van der Waals surface area contributed by atoms with Crippen molar-refractivity contribution in [3.05, 3.63) is 60.1 Å². The summed E-state index contributed by atoms with van der Waals surface area (Å²) >= 11 is 0. The maximum atomic E-state index is 10.5. The molecule has 2 heterocycles. The highest BCUT2D eigenvalue weighted by Crippen LogP contribution is 2.40. The molecule has 1 aromatic carbocycles. The summed E-state index contributed by atoms with van der Waals surface area (Å²) in [7, 11) is 4.51. The van der Waals surface area contributed by atoms with Crippen LogP contribution in [0.5, 0.6) is 17.2 Å². The third-order valence-corrected chi connectivity index (χ3v) is 5.92. The summed E-state index contributed by atoms with van der Waals surface area (Å²) in [6.45, 7) is 15.8. The van der Waals surface area contributed by atoms with Crippen LogP contribution in [0.15, 0.2) is 48.9 Å². The molecule has 2 aromatic rings. The number of nitrogens with zero attached hydrogens (tertiary/aromatic N) is 3. The van der Waals surface area contributed by atoms with Crippen molar-refractivity contribution in [2.24, 2.45) is 11.8 Å². The molecule has 1 atom stereocenters. The number of fused-ring (bicyclic) bond motifs is 1. The van der Waals surface area contributed by atoms with Gasteiger partial charge in [-0.25, -0.2) is 0 Å². The number of hydrogen-bond donors (Lipinski definition) is 1. The zero-order chi connectivity index (χ0) is 24.0. The van der Waals surface area contributed by atoms with Crippen molar-refractivity contribution in [2.75, 3.05) is 40.4 Å². The Morgan fingerprint density at radius 1 is 1.18 bits per heavy atom. The highest BCUT2D eigenvalue weighted by molar-refractivity contribution is 5.53. The number of phenols is 1. The van der Waals surface area contributed by atoms with E-state index in [-0.39, 0.29) is 5.75 Å². The van der Waals surface area contributed by atoms with Crippen molar-refractivity contribution < 1.29 is 19.1 Å². The van der Waals surface area contributed by atoms with Crippen LogP contribution < -0.4 is 9.47 Å². The van der Waals surface area contributed by atoms with Crippen LogP contribution in [0.3, 0.4) is 0 Å². The van der Waals surface area contributed by atoms with Crippen molar-refractivity contribution in [3.63, 3.8) is 0 Å². The third-order valence-electron chi connectivity index (χ3n) is 5.92. The lowest BCUT2D eigenvalue weighted by Gasteiger charge is -2.37. The standard InChI is InChI=1S/C27H39N3O3/c1-20(2)16-29(17-24-13-25(31)27-26(14-24)32-11-8-12-33-27)22(4)21(3)18-30(5,6)19-23-9-7-10-28-15-23/h7,9-10,13-15,20-21H,4,8,11-12,16-19H2,1-3,5-6H3/p+1. The molecule has 0 bridgehead atoms. The first-order valence-corrected chi connectivity index (χ1v) is 11.9. The normalized spacial score (nSPS) is 14.6. The first-order chi connectivity index (χ1) is 15.6. The number of aromatic hydroxyl groups is 1. The van der Waals surface area contributed by atoms with E-state index in [0.29, 0.717) is 43.1 Å². The fourth-order valence-electron chi connectivity index (χ4n) is 4.56. The molecule has 0 saturated carbocycles. The third kappa shape index (κ3) is 7.13. The van der Waals surface area contributed by atoms with Gasteiger partial charge in [0.15, 0.2) is 11.5 Å². The van der Waals surface area contributed by atoms with E-state index in [1.807, 2.05) is 24.5 Å². The van der Waals surface area contributed by atoms with E-state index < -0.39 is 0 Å². The summed E-state index contributed by atoms with van der Waals surface area (Å²) in [4.78, 5) is 6.60. The van der Waals surface area contributed by atoms with E-state index >= 15 is 0 Å². The molecule has 1 aromatic heterocycles. The smallest absolute Gasteiger partial charge is 0.203 e. The van der Waals surface area contributed by atoms with Crippen molar-refractivity contribution in [3.8, 4) is 17.2 Å². The molecule has 3 rings (SSSR count). The van der Waals surface area contributed by atoms with Crippen LogP contribution >= 0.6 is 0 Å². The Balaban J connectivity index is 1.73.